The van der Waals surface area contributed by atoms with E-state index in [4.69, 9.17) is 39.5 Å². The maximum Gasteiger partial charge on any atom is 0.183 e. The van der Waals surface area contributed by atoms with Gasteiger partial charge in [-0.1, -0.05) is 40.9 Å². The topological polar surface area (TPSA) is 43.4 Å². The Hall–Kier alpha value is -0.940. The van der Waals surface area contributed by atoms with Crippen molar-refractivity contribution in [3.63, 3.8) is 0 Å². The molecular weight excluding hydrogens is 391 g/mol. The molecule has 0 atom stereocenters. The average molecular weight is 408 g/mol. The highest BCUT2D eigenvalue weighted by Gasteiger charge is 2.32. The van der Waals surface area contributed by atoms with E-state index in [9.17, 15) is 8.42 Å². The zero-order valence-electron chi connectivity index (χ0n) is 13.7. The van der Waals surface area contributed by atoms with Crippen molar-refractivity contribution >= 4 is 44.6 Å². The van der Waals surface area contributed by atoms with Crippen molar-refractivity contribution < 1.29 is 13.2 Å². The zero-order valence-corrected chi connectivity index (χ0v) is 16.7. The van der Waals surface area contributed by atoms with Crippen LogP contribution in [0.4, 0.5) is 0 Å². The van der Waals surface area contributed by atoms with Crippen LogP contribution in [0.2, 0.25) is 15.1 Å². The molecule has 24 heavy (non-hydrogen) atoms. The highest BCUT2D eigenvalue weighted by molar-refractivity contribution is 7.92. The van der Waals surface area contributed by atoms with E-state index in [1.807, 2.05) is 13.0 Å². The molecule has 0 N–H and O–H groups in total. The summed E-state index contributed by atoms with van der Waals surface area (Å²) in [6.07, 6.45) is 0. The van der Waals surface area contributed by atoms with Crippen LogP contribution in [0, 0.1) is 6.92 Å². The summed E-state index contributed by atoms with van der Waals surface area (Å²) in [7, 11) is -3.58. The molecule has 0 radical (unpaired) electrons. The fourth-order valence-electron chi connectivity index (χ4n) is 1.94. The van der Waals surface area contributed by atoms with Gasteiger partial charge in [-0.05, 0) is 57.5 Å². The molecule has 0 saturated carbocycles. The molecule has 0 aliphatic carbocycles. The van der Waals surface area contributed by atoms with Gasteiger partial charge in [0, 0.05) is 0 Å². The lowest BCUT2D eigenvalue weighted by molar-refractivity contribution is 0.482. The zero-order chi connectivity index (χ0) is 18.3. The normalized spacial score (nSPS) is 12.3. The molecule has 0 aromatic heterocycles. The number of aryl methyl sites for hydroxylation is 1. The Morgan fingerprint density at radius 3 is 1.92 bits per heavy atom. The Morgan fingerprint density at radius 2 is 1.46 bits per heavy atom. The Bertz CT molecular complexity index is 861. The van der Waals surface area contributed by atoms with E-state index in [2.05, 4.69) is 0 Å². The summed E-state index contributed by atoms with van der Waals surface area (Å²) in [5, 5.41) is 0.609. The van der Waals surface area contributed by atoms with Crippen LogP contribution in [0.1, 0.15) is 26.3 Å². The summed E-state index contributed by atoms with van der Waals surface area (Å²) in [6.45, 7) is 6.74. The second-order valence-electron chi connectivity index (χ2n) is 6.37. The van der Waals surface area contributed by atoms with Crippen molar-refractivity contribution in [2.24, 2.45) is 0 Å². The molecule has 0 fully saturated rings. The van der Waals surface area contributed by atoms with Crippen molar-refractivity contribution in [3.05, 3.63) is 51.0 Å². The van der Waals surface area contributed by atoms with Gasteiger partial charge in [0.25, 0.3) is 0 Å². The summed E-state index contributed by atoms with van der Waals surface area (Å²) >= 11 is 18.6. The molecule has 0 bridgehead atoms. The van der Waals surface area contributed by atoms with E-state index in [1.165, 1.54) is 12.1 Å². The molecule has 2 rings (SSSR count). The van der Waals surface area contributed by atoms with E-state index in [-0.39, 0.29) is 20.7 Å². The van der Waals surface area contributed by atoms with Crippen LogP contribution in [0.25, 0.3) is 0 Å². The lowest BCUT2D eigenvalue weighted by Crippen LogP contribution is -2.27. The summed E-state index contributed by atoms with van der Waals surface area (Å²) in [5.74, 6) is 0.550. The van der Waals surface area contributed by atoms with Gasteiger partial charge in [0.15, 0.2) is 15.6 Å². The molecule has 2 aromatic carbocycles. The van der Waals surface area contributed by atoms with Crippen LogP contribution < -0.4 is 4.74 Å². The number of hydrogen-bond donors (Lipinski definition) is 0. The third-order valence-corrected chi connectivity index (χ3v) is 6.71. The second kappa shape index (κ2) is 6.75. The number of benzene rings is 2. The molecule has 7 heteroatoms. The van der Waals surface area contributed by atoms with Gasteiger partial charge >= 0.3 is 0 Å². The molecule has 3 nitrogen and oxygen atoms in total. The van der Waals surface area contributed by atoms with E-state index in [0.29, 0.717) is 10.8 Å². The predicted molar refractivity (Wildman–Crippen MR) is 99.7 cm³/mol. The molecule has 0 aliphatic rings. The molecule has 0 heterocycles. The van der Waals surface area contributed by atoms with Gasteiger partial charge in [-0.25, -0.2) is 8.42 Å². The second-order valence-corrected chi connectivity index (χ2v) is 10.3. The van der Waals surface area contributed by atoms with E-state index < -0.39 is 14.6 Å². The molecule has 130 valence electrons. The van der Waals surface area contributed by atoms with Crippen molar-refractivity contribution in [2.45, 2.75) is 37.3 Å². The van der Waals surface area contributed by atoms with Crippen molar-refractivity contribution in [3.8, 4) is 11.5 Å². The van der Waals surface area contributed by atoms with Crippen LogP contribution in [0.15, 0.2) is 35.2 Å². The SMILES string of the molecule is Cc1ccc(Oc2c(Cl)cc(S(=O)(=O)C(C)(C)C)cc2Cl)c(Cl)c1. The third-order valence-electron chi connectivity index (χ3n) is 3.39. The highest BCUT2D eigenvalue weighted by atomic mass is 35.5. The number of sulfone groups is 1. The maximum absolute atomic E-state index is 12.5. The van der Waals surface area contributed by atoms with Gasteiger partial charge in [0.05, 0.1) is 24.7 Å². The Kier molecular flexibility index (Phi) is 5.46. The van der Waals surface area contributed by atoms with Crippen molar-refractivity contribution in [1.82, 2.24) is 0 Å². The van der Waals surface area contributed by atoms with Gasteiger partial charge < -0.3 is 4.74 Å². The quantitative estimate of drug-likeness (QED) is 0.598. The maximum atomic E-state index is 12.5. The van der Waals surface area contributed by atoms with Crippen LogP contribution in [-0.4, -0.2) is 13.2 Å². The van der Waals surface area contributed by atoms with Crippen LogP contribution in [0.5, 0.6) is 11.5 Å². The van der Waals surface area contributed by atoms with Crippen molar-refractivity contribution in [2.75, 3.05) is 0 Å². The van der Waals surface area contributed by atoms with Crippen LogP contribution in [-0.2, 0) is 9.84 Å². The molecule has 2 aromatic rings. The number of ether oxygens (including phenoxy) is 1. The highest BCUT2D eigenvalue weighted by Crippen LogP contribution is 2.41. The minimum Gasteiger partial charge on any atom is -0.453 e. The number of hydrogen-bond acceptors (Lipinski definition) is 3. The van der Waals surface area contributed by atoms with E-state index >= 15 is 0 Å². The van der Waals surface area contributed by atoms with E-state index in [1.54, 1.807) is 32.9 Å². The van der Waals surface area contributed by atoms with Gasteiger partial charge in [0.1, 0.15) is 5.75 Å². The summed E-state index contributed by atoms with van der Waals surface area (Å²) in [5.41, 5.74) is 0.983. The fraction of sp³-hybridized carbons (Fsp3) is 0.294. The summed E-state index contributed by atoms with van der Waals surface area (Å²) < 4.78 is 29.8. The van der Waals surface area contributed by atoms with Gasteiger partial charge in [0.2, 0.25) is 0 Å². The summed E-state index contributed by atoms with van der Waals surface area (Å²) in [6, 6.07) is 7.96. The van der Waals surface area contributed by atoms with Gasteiger partial charge in [-0.15, -0.1) is 0 Å². The smallest absolute Gasteiger partial charge is 0.183 e. The average Bonchev–Trinajstić information content (AvgIpc) is 2.43. The van der Waals surface area contributed by atoms with Crippen molar-refractivity contribution in [1.29, 1.82) is 0 Å². The molecule has 0 amide bonds. The largest absolute Gasteiger partial charge is 0.453 e. The lowest BCUT2D eigenvalue weighted by atomic mass is 10.2. The molecule has 0 saturated heterocycles. The minimum absolute atomic E-state index is 0.0485. The fourth-order valence-corrected chi connectivity index (χ4v) is 4.16. The van der Waals surface area contributed by atoms with Gasteiger partial charge in [-0.2, -0.15) is 0 Å². The molecular formula is C17H17Cl3O3S. The first-order chi connectivity index (χ1) is 10.9. The standard InChI is InChI=1S/C17H17Cl3O3S/c1-10-5-6-15(12(18)7-10)23-16-13(19)8-11(9-14(16)20)24(21,22)17(2,3)4/h5-9H,1-4H3. The first-order valence-electron chi connectivity index (χ1n) is 7.11. The Balaban J connectivity index is 2.48. The molecule has 0 spiro atoms. The summed E-state index contributed by atoms with van der Waals surface area (Å²) in [4.78, 5) is 0.0485. The first-order valence-corrected chi connectivity index (χ1v) is 9.73. The van der Waals surface area contributed by atoms with Crippen LogP contribution in [0.3, 0.4) is 0 Å². The number of rotatable bonds is 3. The Morgan fingerprint density at radius 1 is 0.917 bits per heavy atom. The molecule has 0 unspecified atom stereocenters. The number of halogens is 3. The lowest BCUT2D eigenvalue weighted by Gasteiger charge is -2.20. The minimum atomic E-state index is -3.58. The molecule has 0 aliphatic heterocycles. The Labute approximate surface area is 157 Å². The third kappa shape index (κ3) is 3.83. The van der Waals surface area contributed by atoms with E-state index in [0.717, 1.165) is 5.56 Å². The first kappa shape index (κ1) is 19.4. The van der Waals surface area contributed by atoms with Crippen LogP contribution >= 0.6 is 34.8 Å². The monoisotopic (exact) mass is 406 g/mol. The van der Waals surface area contributed by atoms with Gasteiger partial charge in [-0.3, -0.25) is 0 Å². The predicted octanol–water partition coefficient (Wildman–Crippen LogP) is 6.32.